The van der Waals surface area contributed by atoms with Crippen molar-refractivity contribution in [3.63, 3.8) is 0 Å². The highest BCUT2D eigenvalue weighted by atomic mass is 28.3. The van der Waals surface area contributed by atoms with E-state index in [2.05, 4.69) is 45.0 Å². The molecule has 0 saturated heterocycles. The minimum Gasteiger partial charge on any atom is -0.360 e. The molecule has 10 heteroatoms. The lowest BCUT2D eigenvalue weighted by Crippen LogP contribution is -2.22. The monoisotopic (exact) mass is 555 g/mol. The summed E-state index contributed by atoms with van der Waals surface area (Å²) in [5.41, 5.74) is 4.53. The van der Waals surface area contributed by atoms with Gasteiger partial charge in [0.2, 0.25) is 5.95 Å². The number of pyridine rings is 1. The summed E-state index contributed by atoms with van der Waals surface area (Å²) in [6.07, 6.45) is 6.56. The van der Waals surface area contributed by atoms with Gasteiger partial charge in [-0.15, -0.1) is 0 Å². The highest BCUT2D eigenvalue weighted by Crippen LogP contribution is 2.33. The smallest absolute Gasteiger partial charge is 0.229 e. The minimum absolute atomic E-state index is 0.190. The van der Waals surface area contributed by atoms with Gasteiger partial charge < -0.3 is 15.0 Å². The molecular formula is C30H34FN7OSi. The number of nitrogens with zero attached hydrogens (tertiary/aromatic N) is 6. The molecule has 0 spiro atoms. The van der Waals surface area contributed by atoms with Crippen LogP contribution in [0, 0.1) is 5.82 Å². The molecule has 40 heavy (non-hydrogen) atoms. The Balaban J connectivity index is 1.39. The number of ether oxygens (including phenoxy) is 1. The van der Waals surface area contributed by atoms with E-state index in [0.29, 0.717) is 25.8 Å². The third-order valence-corrected chi connectivity index (χ3v) is 8.28. The third kappa shape index (κ3) is 6.35. The Morgan fingerprint density at radius 1 is 1.00 bits per heavy atom. The molecule has 206 valence electrons. The van der Waals surface area contributed by atoms with E-state index in [4.69, 9.17) is 4.74 Å². The van der Waals surface area contributed by atoms with Crippen molar-refractivity contribution in [3.05, 3.63) is 85.2 Å². The molecule has 5 rings (SSSR count). The summed E-state index contributed by atoms with van der Waals surface area (Å²) in [6.45, 7) is 10.5. The van der Waals surface area contributed by atoms with E-state index in [1.807, 2.05) is 77.3 Å². The Bertz CT molecular complexity index is 1590. The van der Waals surface area contributed by atoms with E-state index in [1.165, 1.54) is 6.20 Å². The van der Waals surface area contributed by atoms with Crippen molar-refractivity contribution < 1.29 is 9.13 Å². The van der Waals surface area contributed by atoms with Crippen molar-refractivity contribution in [2.24, 2.45) is 0 Å². The van der Waals surface area contributed by atoms with Crippen molar-refractivity contribution in [1.82, 2.24) is 24.7 Å². The molecule has 0 amide bonds. The molecule has 1 N–H and O–H groups in total. The van der Waals surface area contributed by atoms with Gasteiger partial charge in [0, 0.05) is 50.3 Å². The highest BCUT2D eigenvalue weighted by molar-refractivity contribution is 6.76. The van der Waals surface area contributed by atoms with Crippen LogP contribution in [0.3, 0.4) is 0 Å². The molecule has 0 aliphatic carbocycles. The second-order valence-electron chi connectivity index (χ2n) is 10.8. The van der Waals surface area contributed by atoms with Crippen molar-refractivity contribution >= 4 is 42.1 Å². The van der Waals surface area contributed by atoms with Gasteiger partial charge in [-0.1, -0.05) is 43.9 Å². The van der Waals surface area contributed by atoms with Crippen LogP contribution in [0.4, 0.5) is 27.5 Å². The number of benzene rings is 2. The van der Waals surface area contributed by atoms with Gasteiger partial charge in [0.05, 0.1) is 23.6 Å². The minimum atomic E-state index is -1.17. The molecule has 0 saturated carbocycles. The number of fused-ring (bicyclic) bond motifs is 1. The number of nitrogens with one attached hydrogen (secondary N) is 1. The van der Waals surface area contributed by atoms with Crippen LogP contribution in [0.2, 0.25) is 25.7 Å². The van der Waals surface area contributed by atoms with Gasteiger partial charge in [-0.3, -0.25) is 4.98 Å². The zero-order valence-corrected chi connectivity index (χ0v) is 24.3. The van der Waals surface area contributed by atoms with Gasteiger partial charge in [0.1, 0.15) is 6.73 Å². The van der Waals surface area contributed by atoms with Crippen molar-refractivity contribution in [3.8, 4) is 11.1 Å². The maximum absolute atomic E-state index is 15.2. The number of rotatable bonds is 11. The van der Waals surface area contributed by atoms with Crippen LogP contribution in [-0.2, 0) is 11.5 Å². The van der Waals surface area contributed by atoms with Crippen LogP contribution in [0.25, 0.3) is 22.0 Å². The van der Waals surface area contributed by atoms with Gasteiger partial charge in [0.15, 0.2) is 11.6 Å². The summed E-state index contributed by atoms with van der Waals surface area (Å²) >= 11 is 0. The molecule has 0 bridgehead atoms. The van der Waals surface area contributed by atoms with E-state index >= 15 is 4.39 Å². The molecule has 0 unspecified atom stereocenters. The molecule has 5 aromatic rings. The van der Waals surface area contributed by atoms with Crippen LogP contribution in [0.5, 0.6) is 0 Å². The summed E-state index contributed by atoms with van der Waals surface area (Å²) in [5, 5.41) is 8.69. The fourth-order valence-electron chi connectivity index (χ4n) is 4.44. The second kappa shape index (κ2) is 11.9. The van der Waals surface area contributed by atoms with Crippen LogP contribution in [0.15, 0.2) is 79.4 Å². The fourth-order valence-corrected chi connectivity index (χ4v) is 5.19. The summed E-state index contributed by atoms with van der Waals surface area (Å²) < 4.78 is 23.0. The standard InChI is InChI=1S/C30H34FN7OSi/c1-5-37(27-12-7-13-28-25(27)19-34-38(28)21-39-15-16-40(2,3)4)29-26(31)20-33-30(36-29)35-24-11-6-9-22(17-24)23-10-8-14-32-18-23/h6-14,17-20H,5,15-16,21H2,1-4H3,(H,33,35,36). The Morgan fingerprint density at radius 3 is 2.60 bits per heavy atom. The molecule has 0 radical (unpaired) electrons. The molecule has 3 aromatic heterocycles. The lowest BCUT2D eigenvalue weighted by atomic mass is 10.1. The number of aromatic nitrogens is 5. The third-order valence-electron chi connectivity index (χ3n) is 6.58. The van der Waals surface area contributed by atoms with Gasteiger partial charge in [-0.05, 0) is 48.9 Å². The SMILES string of the molecule is CCN(c1nc(Nc2cccc(-c3cccnc3)c2)ncc1F)c1cccc2c1cnn2COCC[Si](C)(C)C. The van der Waals surface area contributed by atoms with Crippen molar-refractivity contribution in [1.29, 1.82) is 0 Å². The molecule has 3 heterocycles. The maximum Gasteiger partial charge on any atom is 0.229 e. The maximum atomic E-state index is 15.2. The Hall–Kier alpha value is -4.15. The highest BCUT2D eigenvalue weighted by Gasteiger charge is 2.20. The second-order valence-corrected chi connectivity index (χ2v) is 16.4. The number of hydrogen-bond acceptors (Lipinski definition) is 7. The fraction of sp³-hybridized carbons (Fsp3) is 0.267. The zero-order valence-electron chi connectivity index (χ0n) is 23.3. The van der Waals surface area contributed by atoms with E-state index in [0.717, 1.165) is 39.4 Å². The molecule has 0 aliphatic rings. The lowest BCUT2D eigenvalue weighted by Gasteiger charge is -2.23. The first-order valence-corrected chi connectivity index (χ1v) is 17.1. The van der Waals surface area contributed by atoms with E-state index in [9.17, 15) is 0 Å². The summed E-state index contributed by atoms with van der Waals surface area (Å²) in [4.78, 5) is 14.8. The molecule has 0 fully saturated rings. The molecule has 0 aliphatic heterocycles. The van der Waals surface area contributed by atoms with E-state index in [-0.39, 0.29) is 5.82 Å². The van der Waals surface area contributed by atoms with E-state index in [1.54, 1.807) is 12.4 Å². The van der Waals surface area contributed by atoms with Gasteiger partial charge in [-0.25, -0.2) is 14.1 Å². The summed E-state index contributed by atoms with van der Waals surface area (Å²) in [5.74, 6) is -0.0116. The Morgan fingerprint density at radius 2 is 1.82 bits per heavy atom. The first kappa shape index (κ1) is 27.4. The zero-order chi connectivity index (χ0) is 28.1. The quantitative estimate of drug-likeness (QED) is 0.136. The summed E-state index contributed by atoms with van der Waals surface area (Å²) in [7, 11) is -1.17. The van der Waals surface area contributed by atoms with Gasteiger partial charge in [-0.2, -0.15) is 10.1 Å². The number of halogens is 1. The van der Waals surface area contributed by atoms with Crippen LogP contribution in [-0.4, -0.2) is 46.0 Å². The predicted octanol–water partition coefficient (Wildman–Crippen LogP) is 7.24. The van der Waals surface area contributed by atoms with Gasteiger partial charge >= 0.3 is 0 Å². The van der Waals surface area contributed by atoms with Crippen molar-refractivity contribution in [2.45, 2.75) is 39.3 Å². The van der Waals surface area contributed by atoms with Gasteiger partial charge in [0.25, 0.3) is 0 Å². The lowest BCUT2D eigenvalue weighted by molar-refractivity contribution is 0.0817. The molecule has 2 aromatic carbocycles. The average molecular weight is 556 g/mol. The Kier molecular flexibility index (Phi) is 8.18. The van der Waals surface area contributed by atoms with E-state index < -0.39 is 13.9 Å². The number of hydrogen-bond donors (Lipinski definition) is 1. The first-order chi connectivity index (χ1) is 19.3. The number of anilines is 4. The first-order valence-electron chi connectivity index (χ1n) is 13.4. The average Bonchev–Trinajstić information content (AvgIpc) is 3.37. The molecular weight excluding hydrogens is 521 g/mol. The predicted molar refractivity (Wildman–Crippen MR) is 161 cm³/mol. The van der Waals surface area contributed by atoms with Crippen LogP contribution in [0.1, 0.15) is 6.92 Å². The van der Waals surface area contributed by atoms with Crippen molar-refractivity contribution in [2.75, 3.05) is 23.4 Å². The van der Waals surface area contributed by atoms with Crippen LogP contribution >= 0.6 is 0 Å². The molecule has 8 nitrogen and oxygen atoms in total. The topological polar surface area (TPSA) is 81.0 Å². The summed E-state index contributed by atoms with van der Waals surface area (Å²) in [6, 6.07) is 18.8. The Labute approximate surface area is 234 Å². The van der Waals surface area contributed by atoms with Crippen LogP contribution < -0.4 is 10.2 Å². The normalized spacial score (nSPS) is 11.6. The molecule has 0 atom stereocenters. The largest absolute Gasteiger partial charge is 0.360 e.